The molecule has 0 radical (unpaired) electrons. The Morgan fingerprint density at radius 2 is 1.89 bits per heavy atom. The minimum absolute atomic E-state index is 0.00208. The highest BCUT2D eigenvalue weighted by atomic mass is 35.5. The molecule has 2 aromatic heterocycles. The lowest BCUT2D eigenvalue weighted by molar-refractivity contribution is -0.115. The van der Waals surface area contributed by atoms with Crippen molar-refractivity contribution in [3.8, 4) is 28.6 Å². The van der Waals surface area contributed by atoms with E-state index in [0.29, 0.717) is 76.7 Å². The van der Waals surface area contributed by atoms with Gasteiger partial charge in [-0.15, -0.1) is 0 Å². The average molecular weight is 558 g/mol. The molecular formula is C28H29Cl2N3O5. The van der Waals surface area contributed by atoms with Gasteiger partial charge in [0.05, 0.1) is 55.8 Å². The first-order valence-electron chi connectivity index (χ1n) is 12.4. The molecular weight excluding hydrogens is 529 g/mol. The van der Waals surface area contributed by atoms with Crippen LogP contribution in [0.2, 0.25) is 10.0 Å². The van der Waals surface area contributed by atoms with E-state index in [4.69, 9.17) is 47.1 Å². The van der Waals surface area contributed by atoms with E-state index >= 15 is 0 Å². The van der Waals surface area contributed by atoms with Crippen LogP contribution in [0.1, 0.15) is 19.3 Å². The Kier molecular flexibility index (Phi) is 7.93. The number of anilines is 1. The number of hydrogen-bond acceptors (Lipinski definition) is 8. The second-order valence-corrected chi connectivity index (χ2v) is 10.3. The number of aromatic nitrogens is 2. The first-order chi connectivity index (χ1) is 18.4. The maximum Gasteiger partial charge on any atom is 0.222 e. The van der Waals surface area contributed by atoms with Crippen LogP contribution in [-0.2, 0) is 9.53 Å². The van der Waals surface area contributed by atoms with Gasteiger partial charge in [-0.05, 0) is 37.0 Å². The third kappa shape index (κ3) is 5.53. The van der Waals surface area contributed by atoms with Gasteiger partial charge in [-0.2, -0.15) is 0 Å². The molecule has 2 aliphatic rings. The Morgan fingerprint density at radius 3 is 2.55 bits per heavy atom. The lowest BCUT2D eigenvalue weighted by atomic mass is 9.97. The number of hydrogen-bond donors (Lipinski definition) is 1. The van der Waals surface area contributed by atoms with Gasteiger partial charge in [0.1, 0.15) is 17.3 Å². The van der Waals surface area contributed by atoms with Gasteiger partial charge >= 0.3 is 0 Å². The fourth-order valence-corrected chi connectivity index (χ4v) is 5.21. The molecule has 200 valence electrons. The van der Waals surface area contributed by atoms with E-state index in [2.05, 4.69) is 16.9 Å². The average Bonchev–Trinajstić information content (AvgIpc) is 3.66. The highest BCUT2D eigenvalue weighted by Gasteiger charge is 2.30. The van der Waals surface area contributed by atoms with Crippen molar-refractivity contribution in [3.63, 3.8) is 0 Å². The molecule has 1 saturated carbocycles. The first kappa shape index (κ1) is 26.5. The normalized spacial score (nSPS) is 18.8. The van der Waals surface area contributed by atoms with Crippen LogP contribution in [0.4, 0.5) is 5.82 Å². The molecule has 0 amide bonds. The van der Waals surface area contributed by atoms with Crippen LogP contribution in [0, 0.1) is 11.8 Å². The number of nitrogens with one attached hydrogen (secondary N) is 1. The molecule has 0 unspecified atom stereocenters. The molecule has 10 heteroatoms. The Hall–Kier alpha value is -3.07. The van der Waals surface area contributed by atoms with Crippen molar-refractivity contribution in [1.82, 2.24) is 9.97 Å². The molecule has 1 N–H and O–H groups in total. The van der Waals surface area contributed by atoms with E-state index in [-0.39, 0.29) is 17.7 Å². The van der Waals surface area contributed by atoms with Crippen LogP contribution in [0.15, 0.2) is 37.1 Å². The summed E-state index contributed by atoms with van der Waals surface area (Å²) in [5, 5.41) is 5.68. The highest BCUT2D eigenvalue weighted by Crippen LogP contribution is 2.46. The zero-order valence-electron chi connectivity index (χ0n) is 21.3. The summed E-state index contributed by atoms with van der Waals surface area (Å²) in [6.07, 6.45) is 5.77. The van der Waals surface area contributed by atoms with Gasteiger partial charge in [-0.3, -0.25) is 4.79 Å². The number of ether oxygens (including phenoxy) is 4. The van der Waals surface area contributed by atoms with Gasteiger partial charge in [0, 0.05) is 40.9 Å². The van der Waals surface area contributed by atoms with Crippen molar-refractivity contribution in [2.24, 2.45) is 11.8 Å². The van der Waals surface area contributed by atoms with Crippen molar-refractivity contribution < 1.29 is 23.7 Å². The monoisotopic (exact) mass is 557 g/mol. The van der Waals surface area contributed by atoms with Crippen LogP contribution < -0.4 is 19.5 Å². The fraction of sp³-hybridized carbons (Fsp3) is 0.393. The molecule has 2 fully saturated rings. The Bertz CT molecular complexity index is 1350. The predicted octanol–water partition coefficient (Wildman–Crippen LogP) is 5.98. The molecule has 8 nitrogen and oxygen atoms in total. The second kappa shape index (κ2) is 11.4. The van der Waals surface area contributed by atoms with Crippen LogP contribution in [0.25, 0.3) is 22.0 Å². The number of nitrogens with zero attached hydrogens (tertiary/aromatic N) is 2. The third-order valence-corrected chi connectivity index (χ3v) is 7.64. The summed E-state index contributed by atoms with van der Waals surface area (Å²) in [6, 6.07) is 5.37. The molecule has 0 spiro atoms. The van der Waals surface area contributed by atoms with E-state index in [9.17, 15) is 4.79 Å². The van der Waals surface area contributed by atoms with Gasteiger partial charge in [-0.25, -0.2) is 9.97 Å². The predicted molar refractivity (Wildman–Crippen MR) is 148 cm³/mol. The molecule has 1 aliphatic carbocycles. The Balaban J connectivity index is 1.54. The number of fused-ring (bicyclic) bond motifs is 1. The molecule has 3 aromatic rings. The molecule has 1 aromatic carbocycles. The molecule has 38 heavy (non-hydrogen) atoms. The summed E-state index contributed by atoms with van der Waals surface area (Å²) in [4.78, 5) is 21.4. The second-order valence-electron chi connectivity index (χ2n) is 9.56. The Morgan fingerprint density at radius 1 is 1.16 bits per heavy atom. The SMILES string of the molecule is C=CC(=O)C[C@H]1COC[C@H]1Nc1cc2c(OCC3CC3)nc(-c3c(Cl)c(OC)cc(OC)c3Cl)cc2cn1. The number of rotatable bonds is 11. The molecule has 3 heterocycles. The standard InChI is InChI=1S/C28H29Cl2N3O5/c1-4-18(34)7-17-13-37-14-21(17)32-24-9-19-16(11-31-24)8-20(33-28(19)38-12-15-5-6-15)25-26(29)22(35-2)10-23(36-3)27(25)30/h4,8-11,15,17,21H,1,5-7,12-14H2,2-3H3,(H,31,32)/t17-,21+/m0/s1. The smallest absolute Gasteiger partial charge is 0.222 e. The van der Waals surface area contributed by atoms with E-state index in [0.717, 1.165) is 23.6 Å². The van der Waals surface area contributed by atoms with Crippen molar-refractivity contribution in [3.05, 3.63) is 47.1 Å². The summed E-state index contributed by atoms with van der Waals surface area (Å²) in [5.41, 5.74) is 1.01. The van der Waals surface area contributed by atoms with Gasteiger partial charge in [0.2, 0.25) is 5.88 Å². The van der Waals surface area contributed by atoms with Crippen molar-refractivity contribution >= 4 is 45.6 Å². The number of carbonyl (C=O) groups is 1. The summed E-state index contributed by atoms with van der Waals surface area (Å²) in [5.74, 6) is 2.52. The van der Waals surface area contributed by atoms with Crippen molar-refractivity contribution in [2.75, 3.05) is 39.4 Å². The third-order valence-electron chi connectivity index (χ3n) is 6.88. The largest absolute Gasteiger partial charge is 0.495 e. The maximum absolute atomic E-state index is 11.9. The summed E-state index contributed by atoms with van der Waals surface area (Å²) < 4.78 is 22.7. The zero-order valence-corrected chi connectivity index (χ0v) is 22.8. The zero-order chi connectivity index (χ0) is 26.8. The summed E-state index contributed by atoms with van der Waals surface area (Å²) >= 11 is 13.4. The number of ketones is 1. The van der Waals surface area contributed by atoms with Crippen LogP contribution in [0.5, 0.6) is 17.4 Å². The molecule has 0 bridgehead atoms. The van der Waals surface area contributed by atoms with E-state index in [1.165, 1.54) is 20.3 Å². The number of allylic oxidation sites excluding steroid dienone is 1. The quantitative estimate of drug-likeness (QED) is 0.288. The minimum Gasteiger partial charge on any atom is -0.495 e. The maximum atomic E-state index is 11.9. The fourth-order valence-electron chi connectivity index (χ4n) is 4.52. The molecule has 5 rings (SSSR count). The van der Waals surface area contributed by atoms with Crippen molar-refractivity contribution in [2.45, 2.75) is 25.3 Å². The molecule has 1 aliphatic heterocycles. The van der Waals surface area contributed by atoms with Gasteiger partial charge < -0.3 is 24.3 Å². The lowest BCUT2D eigenvalue weighted by Gasteiger charge is -2.19. The summed E-state index contributed by atoms with van der Waals surface area (Å²) in [6.45, 7) is 5.15. The minimum atomic E-state index is -0.0474. The number of halogens is 2. The number of carbonyl (C=O) groups excluding carboxylic acids is 1. The number of pyridine rings is 2. The van der Waals surface area contributed by atoms with Crippen LogP contribution >= 0.6 is 23.2 Å². The van der Waals surface area contributed by atoms with Crippen LogP contribution in [-0.4, -0.2) is 55.8 Å². The van der Waals surface area contributed by atoms with E-state index < -0.39 is 0 Å². The molecule has 2 atom stereocenters. The van der Waals surface area contributed by atoms with Crippen LogP contribution in [0.3, 0.4) is 0 Å². The van der Waals surface area contributed by atoms with E-state index in [1.54, 1.807) is 12.3 Å². The summed E-state index contributed by atoms with van der Waals surface area (Å²) in [7, 11) is 3.06. The van der Waals surface area contributed by atoms with Gasteiger partial charge in [-0.1, -0.05) is 29.8 Å². The number of benzene rings is 1. The van der Waals surface area contributed by atoms with E-state index in [1.807, 2.05) is 12.1 Å². The first-order valence-corrected chi connectivity index (χ1v) is 13.2. The number of methoxy groups -OCH3 is 2. The lowest BCUT2D eigenvalue weighted by Crippen LogP contribution is -2.29. The van der Waals surface area contributed by atoms with Crippen molar-refractivity contribution in [1.29, 1.82) is 0 Å². The van der Waals surface area contributed by atoms with Gasteiger partial charge in [0.15, 0.2) is 5.78 Å². The Labute approximate surface area is 231 Å². The topological polar surface area (TPSA) is 91.8 Å². The molecule has 1 saturated heterocycles. The van der Waals surface area contributed by atoms with Gasteiger partial charge in [0.25, 0.3) is 0 Å². The highest BCUT2D eigenvalue weighted by molar-refractivity contribution is 6.41.